The maximum absolute atomic E-state index is 13.6. The van der Waals surface area contributed by atoms with Gasteiger partial charge < -0.3 is 4.74 Å². The smallest absolute Gasteiger partial charge is 0.297 e. The molecule has 0 saturated heterocycles. The fourth-order valence-corrected chi connectivity index (χ4v) is 14.1. The number of methoxy groups -OCH3 is 1. The van der Waals surface area contributed by atoms with Crippen molar-refractivity contribution in [3.05, 3.63) is 176 Å². The molecule has 7 aromatic rings. The zero-order valence-corrected chi connectivity index (χ0v) is 64.2. The SMILES string of the molecule is CC(C)(C)c1ccc(S(=O)(=O)O)c(F)c1Cl.CC(C)(C)c1ccc(S(=O)(=O)O)c2ncccc12.COc1cc(S(=O)(=O)O)ccc1C(C)(C)C.Cc1cc(C(C)(C)C)ccc1S(=O)(=O)O.Cc1cc(C(C)(C)C)ccc1S(=O)(=O)O.Cc1cc(S(=O)(=O)O)cc(C)c1C(C)(C)C. The summed E-state index contributed by atoms with van der Waals surface area (Å²) in [6, 6.07) is 26.5. The standard InChI is InChI=1S/C13H15NO3S.C12H18O3S.C11H16O4S.2C11H16O3S.C10H12ClFO3S/c1-13(2,3)10-6-7-11(18(15,16)17)12-9(10)5-4-8-14-12;1-8-6-10(16(13,14)15)7-9(2)11(8)12(3,4)5;1-11(2,3)9-6-5-8(16(12,13)14)7-10(9)15-4;2*1-8-7-9(11(2,3)4)5-6-10(8)15(12,13)14;1-10(2,3)6-4-5-7(16(13,14)15)9(12)8(6)11/h4-8H,1-3H3,(H,15,16,17);6-7H,1-5H3,(H,13,14,15);5-7H,1-4H3,(H,12,13,14);2*5-7H,1-4H3,(H,12,13,14);4-5H,1-3H3,(H,13,14,15). The van der Waals surface area contributed by atoms with Gasteiger partial charge in [-0.3, -0.25) is 32.3 Å². The molecule has 534 valence electrons. The Morgan fingerprint density at radius 2 is 0.740 bits per heavy atom. The van der Waals surface area contributed by atoms with Crippen LogP contribution in [0.1, 0.15) is 180 Å². The fraction of sp³-hybridized carbons (Fsp3) is 0.426. The Morgan fingerprint density at radius 3 is 1.06 bits per heavy atom. The zero-order valence-electron chi connectivity index (χ0n) is 58.5. The Balaban J connectivity index is 0.000000393. The number of rotatable bonds is 7. The predicted octanol–water partition coefficient (Wildman–Crippen LogP) is 16.0. The Bertz CT molecular complexity index is 4570. The van der Waals surface area contributed by atoms with Crippen LogP contribution in [0.4, 0.5) is 4.39 Å². The Hall–Kier alpha value is -5.79. The first-order valence-electron chi connectivity index (χ1n) is 29.4. The third kappa shape index (κ3) is 24.9. The van der Waals surface area contributed by atoms with Gasteiger partial charge in [-0.2, -0.15) is 50.5 Å². The summed E-state index contributed by atoms with van der Waals surface area (Å²) < 4.78 is 205. The number of benzene rings is 6. The van der Waals surface area contributed by atoms with Crippen molar-refractivity contribution in [2.45, 2.75) is 214 Å². The molecule has 6 aromatic carbocycles. The average molecular weight is 1480 g/mol. The third-order valence-corrected chi connectivity index (χ3v) is 20.3. The minimum Gasteiger partial charge on any atom is -0.496 e. The fourth-order valence-electron chi connectivity index (χ4n) is 9.84. The largest absolute Gasteiger partial charge is 0.496 e. The van der Waals surface area contributed by atoms with Gasteiger partial charge in [0.15, 0.2) is 5.82 Å². The van der Waals surface area contributed by atoms with Crippen LogP contribution in [0.25, 0.3) is 10.9 Å². The molecule has 6 N–H and O–H groups in total. The number of hydrogen-bond acceptors (Lipinski definition) is 14. The number of aromatic nitrogens is 1. The Labute approximate surface area is 574 Å². The van der Waals surface area contributed by atoms with E-state index in [9.17, 15) is 59.4 Å². The molecule has 0 atom stereocenters. The minimum absolute atomic E-state index is 0.0181. The molecule has 0 aliphatic carbocycles. The summed E-state index contributed by atoms with van der Waals surface area (Å²) in [6.45, 7) is 43.2. The predicted molar refractivity (Wildman–Crippen MR) is 376 cm³/mol. The van der Waals surface area contributed by atoms with E-state index in [-0.39, 0.29) is 56.6 Å². The highest BCUT2D eigenvalue weighted by Gasteiger charge is 2.28. The van der Waals surface area contributed by atoms with Crippen LogP contribution in [0.5, 0.6) is 5.75 Å². The van der Waals surface area contributed by atoms with Crippen LogP contribution in [-0.2, 0) is 93.2 Å². The van der Waals surface area contributed by atoms with E-state index in [2.05, 4.69) is 67.3 Å². The highest BCUT2D eigenvalue weighted by molar-refractivity contribution is 7.87. The minimum atomic E-state index is -4.58. The number of pyridine rings is 1. The molecule has 1 aromatic heterocycles. The molecular weight excluding hydrogens is 1380 g/mol. The van der Waals surface area contributed by atoms with Gasteiger partial charge in [0.2, 0.25) is 0 Å². The lowest BCUT2D eigenvalue weighted by molar-refractivity contribution is 0.395. The van der Waals surface area contributed by atoms with Gasteiger partial charge in [-0.05, 0) is 164 Å². The number of nitrogens with zero attached hydrogens (tertiary/aromatic N) is 1. The number of aryl methyl sites for hydroxylation is 4. The van der Waals surface area contributed by atoms with E-state index in [0.717, 1.165) is 50.4 Å². The van der Waals surface area contributed by atoms with Gasteiger partial charge in [-0.15, -0.1) is 0 Å². The van der Waals surface area contributed by atoms with E-state index < -0.39 is 76.8 Å². The van der Waals surface area contributed by atoms with E-state index in [1.165, 1.54) is 61.8 Å². The molecule has 20 nitrogen and oxygen atoms in total. The van der Waals surface area contributed by atoms with E-state index in [0.29, 0.717) is 28.0 Å². The Morgan fingerprint density at radius 1 is 0.385 bits per heavy atom. The molecule has 7 rings (SSSR count). The molecular formula is C68H93ClFNO19S6. The molecule has 0 unspecified atom stereocenters. The van der Waals surface area contributed by atoms with Crippen LogP contribution in [0, 0.1) is 33.5 Å². The molecule has 96 heavy (non-hydrogen) atoms. The third-order valence-electron chi connectivity index (χ3n) is 14.4. The number of halogens is 2. The number of fused-ring (bicyclic) bond motifs is 1. The van der Waals surface area contributed by atoms with Crippen molar-refractivity contribution in [2.24, 2.45) is 0 Å². The maximum Gasteiger partial charge on any atom is 0.297 e. The van der Waals surface area contributed by atoms with E-state index in [1.807, 2.05) is 82.2 Å². The van der Waals surface area contributed by atoms with Crippen LogP contribution in [-0.4, -0.2) is 89.9 Å². The average Bonchev–Trinajstić information content (AvgIpc) is 0.784. The second kappa shape index (κ2) is 31.2. The maximum atomic E-state index is 13.6. The molecule has 0 saturated carbocycles. The summed E-state index contributed by atoms with van der Waals surface area (Å²) in [7, 11) is -23.8. The number of ether oxygens (including phenoxy) is 1. The van der Waals surface area contributed by atoms with Crippen LogP contribution in [0.2, 0.25) is 5.02 Å². The lowest BCUT2D eigenvalue weighted by atomic mass is 9.81. The first kappa shape index (κ1) is 86.3. The van der Waals surface area contributed by atoms with Gasteiger partial charge in [0, 0.05) is 17.6 Å². The summed E-state index contributed by atoms with van der Waals surface area (Å²) >= 11 is 5.74. The van der Waals surface area contributed by atoms with Crippen LogP contribution < -0.4 is 4.74 Å². The molecule has 28 heteroatoms. The molecule has 0 aliphatic rings. The summed E-state index contributed by atoms with van der Waals surface area (Å²) in [5.74, 6) is -0.654. The van der Waals surface area contributed by atoms with Gasteiger partial charge in [-0.25, -0.2) is 4.39 Å². The van der Waals surface area contributed by atoms with Crippen molar-refractivity contribution in [1.29, 1.82) is 0 Å². The molecule has 0 radical (unpaired) electrons. The van der Waals surface area contributed by atoms with Crippen molar-refractivity contribution in [2.75, 3.05) is 7.11 Å². The van der Waals surface area contributed by atoms with Crippen molar-refractivity contribution < 1.29 is 87.0 Å². The second-order valence-electron chi connectivity index (χ2n) is 28.9. The molecule has 0 amide bonds. The van der Waals surface area contributed by atoms with Crippen molar-refractivity contribution in [3.63, 3.8) is 0 Å². The quantitative estimate of drug-likeness (QED) is 0.0807. The van der Waals surface area contributed by atoms with Crippen molar-refractivity contribution in [3.8, 4) is 5.75 Å². The molecule has 0 fully saturated rings. The van der Waals surface area contributed by atoms with Crippen LogP contribution in [0.3, 0.4) is 0 Å². The second-order valence-corrected chi connectivity index (χ2v) is 37.6. The summed E-state index contributed by atoms with van der Waals surface area (Å²) in [5.41, 5.74) is 8.07. The monoisotopic (exact) mass is 1470 g/mol. The molecule has 1 heterocycles. The first-order valence-corrected chi connectivity index (χ1v) is 38.5. The molecule has 0 aliphatic heterocycles. The summed E-state index contributed by atoms with van der Waals surface area (Å²) in [4.78, 5) is 2.91. The highest BCUT2D eigenvalue weighted by atomic mass is 35.5. The van der Waals surface area contributed by atoms with Gasteiger partial charge in [0.1, 0.15) is 15.5 Å². The lowest BCUT2D eigenvalue weighted by Gasteiger charge is -2.24. The normalized spacial score (nSPS) is 12.8. The van der Waals surface area contributed by atoms with Gasteiger partial charge in [-0.1, -0.05) is 185 Å². The first-order chi connectivity index (χ1) is 42.7. The summed E-state index contributed by atoms with van der Waals surface area (Å²) in [5, 5.41) is 0.475. The van der Waals surface area contributed by atoms with E-state index >= 15 is 0 Å². The molecule has 0 bridgehead atoms. The van der Waals surface area contributed by atoms with Gasteiger partial charge in [0.05, 0.1) is 37.2 Å². The lowest BCUT2D eigenvalue weighted by Crippen LogP contribution is -2.16. The zero-order chi connectivity index (χ0) is 75.3. The summed E-state index contributed by atoms with van der Waals surface area (Å²) in [6.07, 6.45) is 1.52. The van der Waals surface area contributed by atoms with Crippen LogP contribution in [0.15, 0.2) is 139 Å². The van der Waals surface area contributed by atoms with Crippen molar-refractivity contribution in [1.82, 2.24) is 4.98 Å². The topological polar surface area (TPSA) is 348 Å². The van der Waals surface area contributed by atoms with Crippen molar-refractivity contribution >= 4 is 83.2 Å². The highest BCUT2D eigenvalue weighted by Crippen LogP contribution is 2.37. The van der Waals surface area contributed by atoms with E-state index in [1.54, 1.807) is 56.3 Å². The Kier molecular flexibility index (Phi) is 28.0. The number of hydrogen-bond donors (Lipinski definition) is 6. The van der Waals surface area contributed by atoms with E-state index in [4.69, 9.17) is 39.1 Å². The van der Waals surface area contributed by atoms with Crippen LogP contribution >= 0.6 is 11.6 Å². The van der Waals surface area contributed by atoms with Gasteiger partial charge in [0.25, 0.3) is 60.7 Å². The van der Waals surface area contributed by atoms with Gasteiger partial charge >= 0.3 is 0 Å². The molecule has 0 spiro atoms.